The third kappa shape index (κ3) is 2.53. The van der Waals surface area contributed by atoms with E-state index in [4.69, 9.17) is 9.47 Å². The molecule has 0 bridgehead atoms. The molecule has 2 aliphatic heterocycles. The summed E-state index contributed by atoms with van der Waals surface area (Å²) in [6, 6.07) is 0. The Morgan fingerprint density at radius 2 is 1.96 bits per heavy atom. The molecule has 0 aromatic carbocycles. The molecule has 136 valence electrons. The molecule has 25 heavy (non-hydrogen) atoms. The molecule has 6 heteroatoms. The van der Waals surface area contributed by atoms with Crippen molar-refractivity contribution < 1.29 is 14.3 Å². The lowest BCUT2D eigenvalue weighted by Gasteiger charge is -2.43. The maximum absolute atomic E-state index is 13.3. The first-order valence-corrected chi connectivity index (χ1v) is 9.74. The molecular weight excluding hydrogens is 318 g/mol. The number of fused-ring (bicyclic) bond motifs is 1. The van der Waals surface area contributed by atoms with Crippen molar-refractivity contribution in [1.82, 2.24) is 15.1 Å². The first kappa shape index (κ1) is 15.8. The fourth-order valence-corrected chi connectivity index (χ4v) is 4.91. The van der Waals surface area contributed by atoms with Gasteiger partial charge in [-0.25, -0.2) is 0 Å². The Morgan fingerprint density at radius 1 is 1.24 bits per heavy atom. The van der Waals surface area contributed by atoms with Gasteiger partial charge in [-0.15, -0.1) is 0 Å². The molecular formula is C19H27N3O3. The molecule has 0 unspecified atom stereocenters. The van der Waals surface area contributed by atoms with Crippen LogP contribution in [0.3, 0.4) is 0 Å². The summed E-state index contributed by atoms with van der Waals surface area (Å²) in [7, 11) is 0. The van der Waals surface area contributed by atoms with Crippen molar-refractivity contribution in [3.05, 3.63) is 17.0 Å². The molecule has 2 saturated carbocycles. The molecule has 0 spiro atoms. The Balaban J connectivity index is 1.41. The summed E-state index contributed by atoms with van der Waals surface area (Å²) in [5.74, 6) is 1.36. The Hall–Kier alpha value is -1.40. The molecule has 1 N–H and O–H groups in total. The van der Waals surface area contributed by atoms with E-state index in [0.717, 1.165) is 24.2 Å². The molecule has 1 aromatic rings. The van der Waals surface area contributed by atoms with E-state index in [1.165, 1.54) is 25.7 Å². The van der Waals surface area contributed by atoms with Gasteiger partial charge in [0.25, 0.3) is 5.91 Å². The van der Waals surface area contributed by atoms with Crippen molar-refractivity contribution in [3.63, 3.8) is 0 Å². The molecule has 6 nitrogen and oxygen atoms in total. The van der Waals surface area contributed by atoms with Gasteiger partial charge in [-0.2, -0.15) is 5.10 Å². The number of morpholine rings is 1. The minimum atomic E-state index is -0.0754. The topological polar surface area (TPSA) is 67.5 Å². The molecule has 2 atom stereocenters. The monoisotopic (exact) mass is 345 g/mol. The van der Waals surface area contributed by atoms with Gasteiger partial charge in [0.2, 0.25) is 0 Å². The number of carbonyl (C=O) groups excluding carboxylic acids is 1. The van der Waals surface area contributed by atoms with Crippen LogP contribution in [0.25, 0.3) is 0 Å². The van der Waals surface area contributed by atoms with Crippen molar-refractivity contribution in [2.75, 3.05) is 19.7 Å². The molecule has 3 heterocycles. The lowest BCUT2D eigenvalue weighted by molar-refractivity contribution is -0.126. The quantitative estimate of drug-likeness (QED) is 0.914. The summed E-state index contributed by atoms with van der Waals surface area (Å²) in [6.07, 6.45) is 5.84. The fourth-order valence-electron chi connectivity index (χ4n) is 4.91. The van der Waals surface area contributed by atoms with Gasteiger partial charge in [0.1, 0.15) is 0 Å². The van der Waals surface area contributed by atoms with Crippen LogP contribution in [-0.4, -0.2) is 52.4 Å². The molecule has 1 amide bonds. The van der Waals surface area contributed by atoms with E-state index in [2.05, 4.69) is 17.1 Å². The summed E-state index contributed by atoms with van der Waals surface area (Å²) in [5, 5.41) is 7.44. The standard InChI is InChI=1S/C19H27N3O3/c1-11-9-15-16(12(2)25-11)20-21-17(15)18(23)22-7-8-24-19(10-22,13-3-4-13)14-5-6-14/h11-14H,3-10H2,1-2H3,(H,20,21)/t11-,12+/m1/s1. The summed E-state index contributed by atoms with van der Waals surface area (Å²) >= 11 is 0. The van der Waals surface area contributed by atoms with Crippen LogP contribution in [0.4, 0.5) is 0 Å². The number of ether oxygens (including phenoxy) is 2. The second-order valence-electron chi connectivity index (χ2n) is 8.34. The smallest absolute Gasteiger partial charge is 0.274 e. The summed E-state index contributed by atoms with van der Waals surface area (Å²) in [5.41, 5.74) is 2.53. The molecule has 4 aliphatic rings. The van der Waals surface area contributed by atoms with Crippen molar-refractivity contribution in [3.8, 4) is 0 Å². The highest BCUT2D eigenvalue weighted by Crippen LogP contribution is 2.55. The normalized spacial score (nSPS) is 31.7. The number of nitrogens with zero attached hydrogens (tertiary/aromatic N) is 2. The lowest BCUT2D eigenvalue weighted by atomic mass is 9.89. The van der Waals surface area contributed by atoms with Gasteiger partial charge in [-0.1, -0.05) is 0 Å². The van der Waals surface area contributed by atoms with Crippen molar-refractivity contribution >= 4 is 5.91 Å². The molecule has 2 aliphatic carbocycles. The van der Waals surface area contributed by atoms with Crippen LogP contribution >= 0.6 is 0 Å². The second-order valence-corrected chi connectivity index (χ2v) is 8.34. The predicted molar refractivity (Wildman–Crippen MR) is 91.3 cm³/mol. The van der Waals surface area contributed by atoms with E-state index in [1.54, 1.807) is 0 Å². The molecule has 5 rings (SSSR count). The number of H-pyrrole nitrogens is 1. The van der Waals surface area contributed by atoms with Crippen LogP contribution in [-0.2, 0) is 15.9 Å². The van der Waals surface area contributed by atoms with Gasteiger partial charge >= 0.3 is 0 Å². The maximum atomic E-state index is 13.3. The molecule has 0 radical (unpaired) electrons. The van der Waals surface area contributed by atoms with Crippen molar-refractivity contribution in [2.24, 2.45) is 11.8 Å². The second kappa shape index (κ2) is 5.55. The maximum Gasteiger partial charge on any atom is 0.274 e. The highest BCUT2D eigenvalue weighted by molar-refractivity contribution is 5.94. The van der Waals surface area contributed by atoms with Crippen LogP contribution in [0.2, 0.25) is 0 Å². The van der Waals surface area contributed by atoms with Crippen LogP contribution < -0.4 is 0 Å². The van der Waals surface area contributed by atoms with Crippen LogP contribution in [0.1, 0.15) is 67.4 Å². The summed E-state index contributed by atoms with van der Waals surface area (Å²) in [4.78, 5) is 15.3. The lowest BCUT2D eigenvalue weighted by Crippen LogP contribution is -2.56. The largest absolute Gasteiger partial charge is 0.371 e. The third-order valence-corrected chi connectivity index (χ3v) is 6.43. The number of rotatable bonds is 3. The average Bonchev–Trinajstić information content (AvgIpc) is 3.50. The number of nitrogens with one attached hydrogen (secondary N) is 1. The number of aromatic nitrogens is 2. The first-order valence-electron chi connectivity index (χ1n) is 9.74. The van der Waals surface area contributed by atoms with E-state index in [1.807, 2.05) is 11.8 Å². The van der Waals surface area contributed by atoms with Crippen molar-refractivity contribution in [2.45, 2.75) is 63.8 Å². The highest BCUT2D eigenvalue weighted by Gasteiger charge is 2.57. The van der Waals surface area contributed by atoms with E-state index >= 15 is 0 Å². The number of carbonyl (C=O) groups is 1. The SMILES string of the molecule is C[C@@H]1Cc2c(C(=O)N3CCOC(C4CC4)(C4CC4)C3)n[nH]c2[C@H](C)O1. The number of aromatic amines is 1. The Labute approximate surface area is 148 Å². The fraction of sp³-hybridized carbons (Fsp3) is 0.789. The zero-order chi connectivity index (χ0) is 17.2. The van der Waals surface area contributed by atoms with Gasteiger partial charge in [0.15, 0.2) is 5.69 Å². The first-order chi connectivity index (χ1) is 12.1. The Bertz CT molecular complexity index is 680. The van der Waals surface area contributed by atoms with Gasteiger partial charge < -0.3 is 14.4 Å². The Kier molecular flexibility index (Phi) is 3.51. The van der Waals surface area contributed by atoms with E-state index in [0.29, 0.717) is 30.7 Å². The van der Waals surface area contributed by atoms with E-state index in [-0.39, 0.29) is 23.7 Å². The van der Waals surface area contributed by atoms with Crippen LogP contribution in [0.15, 0.2) is 0 Å². The van der Waals surface area contributed by atoms with Gasteiger partial charge in [-0.05, 0) is 51.4 Å². The highest BCUT2D eigenvalue weighted by atomic mass is 16.5. The predicted octanol–water partition coefficient (Wildman–Crippen LogP) is 2.46. The zero-order valence-electron chi connectivity index (χ0n) is 15.1. The summed E-state index contributed by atoms with van der Waals surface area (Å²) in [6.45, 7) is 6.14. The van der Waals surface area contributed by atoms with E-state index < -0.39 is 0 Å². The molecule has 1 saturated heterocycles. The van der Waals surface area contributed by atoms with Gasteiger partial charge in [0, 0.05) is 18.5 Å². The van der Waals surface area contributed by atoms with Gasteiger partial charge in [0.05, 0.1) is 36.7 Å². The molecule has 3 fully saturated rings. The summed E-state index contributed by atoms with van der Waals surface area (Å²) < 4.78 is 12.2. The average molecular weight is 345 g/mol. The minimum Gasteiger partial charge on any atom is -0.371 e. The number of hydrogen-bond acceptors (Lipinski definition) is 4. The van der Waals surface area contributed by atoms with Crippen LogP contribution in [0, 0.1) is 11.8 Å². The van der Waals surface area contributed by atoms with Crippen molar-refractivity contribution in [1.29, 1.82) is 0 Å². The molecule has 1 aromatic heterocycles. The van der Waals surface area contributed by atoms with E-state index in [9.17, 15) is 4.79 Å². The van der Waals surface area contributed by atoms with Crippen LogP contribution in [0.5, 0.6) is 0 Å². The minimum absolute atomic E-state index is 0.0329. The third-order valence-electron chi connectivity index (χ3n) is 6.43. The number of hydrogen-bond donors (Lipinski definition) is 1. The Morgan fingerprint density at radius 3 is 2.64 bits per heavy atom. The number of amides is 1. The van der Waals surface area contributed by atoms with Gasteiger partial charge in [-0.3, -0.25) is 9.89 Å². The zero-order valence-corrected chi connectivity index (χ0v) is 15.1.